The number of imidazole rings is 1. The van der Waals surface area contributed by atoms with Gasteiger partial charge in [-0.15, -0.1) is 0 Å². The van der Waals surface area contributed by atoms with Crippen molar-refractivity contribution in [1.82, 2.24) is 19.6 Å². The summed E-state index contributed by atoms with van der Waals surface area (Å²) in [6, 6.07) is 4.31. The maximum absolute atomic E-state index is 4.64. The molecule has 0 atom stereocenters. The van der Waals surface area contributed by atoms with E-state index in [1.807, 2.05) is 0 Å². The van der Waals surface area contributed by atoms with Crippen molar-refractivity contribution in [2.24, 2.45) is 0 Å². The van der Waals surface area contributed by atoms with Gasteiger partial charge in [0.15, 0.2) is 4.73 Å². The highest BCUT2D eigenvalue weighted by atomic mass is 79.9. The van der Waals surface area contributed by atoms with Crippen molar-refractivity contribution in [3.05, 3.63) is 34.3 Å². The van der Waals surface area contributed by atoms with E-state index in [4.69, 9.17) is 0 Å². The summed E-state index contributed by atoms with van der Waals surface area (Å²) >= 11 is 3.53. The molecule has 2 aromatic heterocycles. The number of nitrogens with zero attached hydrogens (tertiary/aromatic N) is 3. The summed E-state index contributed by atoms with van der Waals surface area (Å²) in [6.07, 6.45) is 2.07. The van der Waals surface area contributed by atoms with Gasteiger partial charge in [-0.1, -0.05) is 0 Å². The van der Waals surface area contributed by atoms with E-state index in [0.717, 1.165) is 43.2 Å². The zero-order valence-corrected chi connectivity index (χ0v) is 12.1. The number of fused-ring (bicyclic) bond motifs is 1. The third-order valence-corrected chi connectivity index (χ3v) is 3.97. The monoisotopic (exact) mass is 308 g/mol. The van der Waals surface area contributed by atoms with Crippen LogP contribution in [0.5, 0.6) is 0 Å². The molecule has 0 spiro atoms. The minimum Gasteiger partial charge on any atom is -0.314 e. The second-order valence-corrected chi connectivity index (χ2v) is 5.52. The van der Waals surface area contributed by atoms with Gasteiger partial charge in [-0.2, -0.15) is 0 Å². The Hall–Kier alpha value is -0.910. The van der Waals surface area contributed by atoms with Crippen LogP contribution in [0.25, 0.3) is 5.52 Å². The summed E-state index contributed by atoms with van der Waals surface area (Å²) in [5, 5.41) is 3.38. The summed E-state index contributed by atoms with van der Waals surface area (Å²) in [5.41, 5.74) is 3.64. The molecular formula is C13H17BrN4. The Morgan fingerprint density at radius 3 is 2.94 bits per heavy atom. The fourth-order valence-corrected chi connectivity index (χ4v) is 2.93. The summed E-state index contributed by atoms with van der Waals surface area (Å²) < 4.78 is 2.99. The highest BCUT2D eigenvalue weighted by Crippen LogP contribution is 2.20. The smallest absolute Gasteiger partial charge is 0.182 e. The zero-order valence-electron chi connectivity index (χ0n) is 10.5. The maximum Gasteiger partial charge on any atom is 0.182 e. The fraction of sp³-hybridized carbons (Fsp3) is 0.462. The molecular weight excluding hydrogens is 292 g/mol. The molecule has 1 aliphatic rings. The standard InChI is InChI=1S/C13H17BrN4/c1-10-2-5-18-12(8-10)11(16-13(18)14)9-17-6-3-15-4-7-17/h2,5,8,15H,3-4,6-7,9H2,1H3. The summed E-state index contributed by atoms with van der Waals surface area (Å²) in [4.78, 5) is 7.09. The van der Waals surface area contributed by atoms with Gasteiger partial charge < -0.3 is 5.32 Å². The average Bonchev–Trinajstić information content (AvgIpc) is 2.67. The summed E-state index contributed by atoms with van der Waals surface area (Å²) in [7, 11) is 0. The minimum atomic E-state index is 0.891. The molecule has 4 nitrogen and oxygen atoms in total. The normalized spacial score (nSPS) is 17.4. The predicted octanol–water partition coefficient (Wildman–Crippen LogP) is 1.81. The van der Waals surface area contributed by atoms with Crippen molar-refractivity contribution in [1.29, 1.82) is 0 Å². The Balaban J connectivity index is 1.93. The Labute approximate surface area is 115 Å². The maximum atomic E-state index is 4.64. The molecule has 0 radical (unpaired) electrons. The topological polar surface area (TPSA) is 32.6 Å². The molecule has 2 aromatic rings. The largest absolute Gasteiger partial charge is 0.314 e. The van der Waals surface area contributed by atoms with Gasteiger partial charge >= 0.3 is 0 Å². The molecule has 0 amide bonds. The molecule has 0 bridgehead atoms. The molecule has 0 unspecified atom stereocenters. The van der Waals surface area contributed by atoms with Gasteiger partial charge in [0.05, 0.1) is 11.2 Å². The van der Waals surface area contributed by atoms with Crippen LogP contribution in [0.15, 0.2) is 23.1 Å². The molecule has 5 heteroatoms. The lowest BCUT2D eigenvalue weighted by atomic mass is 10.2. The van der Waals surface area contributed by atoms with Crippen LogP contribution >= 0.6 is 15.9 Å². The number of hydrogen-bond donors (Lipinski definition) is 1. The first kappa shape index (κ1) is 12.1. The number of piperazine rings is 1. The molecule has 18 heavy (non-hydrogen) atoms. The van der Waals surface area contributed by atoms with Crippen LogP contribution in [-0.2, 0) is 6.54 Å². The first-order chi connectivity index (χ1) is 8.74. The molecule has 96 valence electrons. The number of hydrogen-bond acceptors (Lipinski definition) is 3. The Morgan fingerprint density at radius 2 is 2.17 bits per heavy atom. The third kappa shape index (κ3) is 2.30. The lowest BCUT2D eigenvalue weighted by Crippen LogP contribution is -2.42. The van der Waals surface area contributed by atoms with Crippen LogP contribution in [-0.4, -0.2) is 40.5 Å². The Bertz CT molecular complexity index is 557. The molecule has 0 aliphatic carbocycles. The molecule has 1 aliphatic heterocycles. The van der Waals surface area contributed by atoms with Crippen LogP contribution in [0.1, 0.15) is 11.3 Å². The van der Waals surface area contributed by atoms with Crippen LogP contribution in [0, 0.1) is 6.92 Å². The van der Waals surface area contributed by atoms with Crippen molar-refractivity contribution < 1.29 is 0 Å². The highest BCUT2D eigenvalue weighted by molar-refractivity contribution is 9.10. The first-order valence-electron chi connectivity index (χ1n) is 6.30. The molecule has 0 aromatic carbocycles. The lowest BCUT2D eigenvalue weighted by Gasteiger charge is -2.26. The highest BCUT2D eigenvalue weighted by Gasteiger charge is 2.15. The van der Waals surface area contributed by atoms with E-state index in [0.29, 0.717) is 0 Å². The summed E-state index contributed by atoms with van der Waals surface area (Å²) in [6.45, 7) is 7.40. The van der Waals surface area contributed by atoms with Crippen molar-refractivity contribution in [2.75, 3.05) is 26.2 Å². The van der Waals surface area contributed by atoms with Gasteiger partial charge in [-0.25, -0.2) is 4.98 Å². The molecule has 1 fully saturated rings. The van der Waals surface area contributed by atoms with Crippen molar-refractivity contribution in [3.8, 4) is 0 Å². The number of pyridine rings is 1. The molecule has 3 rings (SSSR count). The van der Waals surface area contributed by atoms with Crippen LogP contribution in [0.4, 0.5) is 0 Å². The van der Waals surface area contributed by atoms with Crippen LogP contribution < -0.4 is 5.32 Å². The van der Waals surface area contributed by atoms with E-state index in [1.165, 1.54) is 11.1 Å². The van der Waals surface area contributed by atoms with Gasteiger partial charge in [0.2, 0.25) is 0 Å². The van der Waals surface area contributed by atoms with Crippen molar-refractivity contribution in [3.63, 3.8) is 0 Å². The van der Waals surface area contributed by atoms with E-state index in [-0.39, 0.29) is 0 Å². The fourth-order valence-electron chi connectivity index (χ4n) is 2.41. The van der Waals surface area contributed by atoms with Crippen molar-refractivity contribution in [2.45, 2.75) is 13.5 Å². The SMILES string of the molecule is Cc1ccn2c(Br)nc(CN3CCNCC3)c2c1. The average molecular weight is 309 g/mol. The van der Waals surface area contributed by atoms with E-state index in [1.54, 1.807) is 0 Å². The molecule has 1 saturated heterocycles. The molecule has 3 heterocycles. The Morgan fingerprint density at radius 1 is 1.39 bits per heavy atom. The second-order valence-electron chi connectivity index (χ2n) is 4.81. The van der Waals surface area contributed by atoms with Gasteiger partial charge in [0.25, 0.3) is 0 Å². The zero-order chi connectivity index (χ0) is 12.5. The first-order valence-corrected chi connectivity index (χ1v) is 7.09. The second kappa shape index (κ2) is 4.99. The number of aromatic nitrogens is 2. The van der Waals surface area contributed by atoms with E-state index >= 15 is 0 Å². The molecule has 0 saturated carbocycles. The van der Waals surface area contributed by atoms with E-state index < -0.39 is 0 Å². The van der Waals surface area contributed by atoms with Gasteiger partial charge in [-0.05, 0) is 40.5 Å². The molecule has 1 N–H and O–H groups in total. The number of nitrogens with one attached hydrogen (secondary N) is 1. The van der Waals surface area contributed by atoms with Crippen LogP contribution in [0.3, 0.4) is 0 Å². The van der Waals surface area contributed by atoms with Crippen molar-refractivity contribution >= 4 is 21.4 Å². The third-order valence-electron chi connectivity index (χ3n) is 3.42. The number of rotatable bonds is 2. The van der Waals surface area contributed by atoms with Gasteiger partial charge in [-0.3, -0.25) is 9.30 Å². The number of halogens is 1. The number of aryl methyl sites for hydroxylation is 1. The minimum absolute atomic E-state index is 0.891. The van der Waals surface area contributed by atoms with Gasteiger partial charge in [0.1, 0.15) is 0 Å². The predicted molar refractivity (Wildman–Crippen MR) is 75.8 cm³/mol. The van der Waals surface area contributed by atoms with Gasteiger partial charge in [0, 0.05) is 38.9 Å². The van der Waals surface area contributed by atoms with E-state index in [9.17, 15) is 0 Å². The van der Waals surface area contributed by atoms with Crippen LogP contribution in [0.2, 0.25) is 0 Å². The quantitative estimate of drug-likeness (QED) is 0.918. The van der Waals surface area contributed by atoms with E-state index in [2.05, 4.69) is 60.8 Å². The Kier molecular flexibility index (Phi) is 3.37. The lowest BCUT2D eigenvalue weighted by molar-refractivity contribution is 0.232. The summed E-state index contributed by atoms with van der Waals surface area (Å²) in [5.74, 6) is 0.